The minimum atomic E-state index is -4.44. The van der Waals surface area contributed by atoms with Gasteiger partial charge in [0.15, 0.2) is 0 Å². The van der Waals surface area contributed by atoms with Crippen molar-refractivity contribution in [2.24, 2.45) is 0 Å². The first-order chi connectivity index (χ1) is 8.86. The van der Waals surface area contributed by atoms with Crippen LogP contribution in [0.1, 0.15) is 31.2 Å². The molecule has 0 aliphatic heterocycles. The summed E-state index contributed by atoms with van der Waals surface area (Å²) in [7, 11) is 0. The van der Waals surface area contributed by atoms with Gasteiger partial charge in [-0.05, 0) is 31.7 Å². The van der Waals surface area contributed by atoms with Gasteiger partial charge in [0.05, 0.1) is 17.4 Å². The van der Waals surface area contributed by atoms with Gasteiger partial charge >= 0.3 is 6.18 Å². The van der Waals surface area contributed by atoms with Gasteiger partial charge in [-0.15, -0.1) is 0 Å². The highest BCUT2D eigenvalue weighted by Gasteiger charge is 2.31. The lowest BCUT2D eigenvalue weighted by Gasteiger charge is -2.27. The monoisotopic (exact) mass is 275 g/mol. The summed E-state index contributed by atoms with van der Waals surface area (Å²) in [5.74, 6) is 0.273. The number of aliphatic hydroxyl groups is 1. The number of rotatable bonds is 2. The van der Waals surface area contributed by atoms with Crippen molar-refractivity contribution < 1.29 is 18.3 Å². The van der Waals surface area contributed by atoms with E-state index in [1.165, 1.54) is 0 Å². The van der Waals surface area contributed by atoms with Crippen LogP contribution in [-0.2, 0) is 6.18 Å². The number of pyridine rings is 1. The van der Waals surface area contributed by atoms with Crippen LogP contribution in [0.15, 0.2) is 12.3 Å². The summed E-state index contributed by atoms with van der Waals surface area (Å²) in [4.78, 5) is 3.74. The number of nitrogens with two attached hydrogens (primary N) is 1. The number of anilines is 2. The van der Waals surface area contributed by atoms with E-state index in [9.17, 15) is 18.3 Å². The van der Waals surface area contributed by atoms with E-state index in [-0.39, 0.29) is 23.7 Å². The van der Waals surface area contributed by atoms with Crippen molar-refractivity contribution >= 4 is 11.5 Å². The first kappa shape index (κ1) is 13.9. The van der Waals surface area contributed by atoms with Crippen LogP contribution in [0, 0.1) is 0 Å². The van der Waals surface area contributed by atoms with Gasteiger partial charge in [-0.25, -0.2) is 4.98 Å². The van der Waals surface area contributed by atoms with Crippen LogP contribution in [0.4, 0.5) is 24.7 Å². The van der Waals surface area contributed by atoms with E-state index < -0.39 is 11.7 Å². The van der Waals surface area contributed by atoms with Gasteiger partial charge in [0.25, 0.3) is 0 Å². The standard InChI is InChI=1S/C12H16F3N3O/c13-12(14,15)7-5-10(16)11(17-6-7)18-8-1-3-9(19)4-2-8/h5-6,8-9,19H,1-4,16H2,(H,17,18). The fourth-order valence-corrected chi connectivity index (χ4v) is 2.17. The summed E-state index contributed by atoms with van der Waals surface area (Å²) in [6.07, 6.45) is -1.08. The quantitative estimate of drug-likeness (QED) is 0.775. The zero-order chi connectivity index (χ0) is 14.0. The molecule has 106 valence electrons. The maximum absolute atomic E-state index is 12.5. The molecule has 0 atom stereocenters. The molecule has 1 heterocycles. The number of hydrogen-bond donors (Lipinski definition) is 3. The van der Waals surface area contributed by atoms with Crippen LogP contribution >= 0.6 is 0 Å². The molecule has 4 N–H and O–H groups in total. The van der Waals surface area contributed by atoms with Crippen LogP contribution in [0.25, 0.3) is 0 Å². The number of aromatic nitrogens is 1. The molecule has 0 spiro atoms. The molecule has 19 heavy (non-hydrogen) atoms. The molecule has 0 aromatic carbocycles. The van der Waals surface area contributed by atoms with Gasteiger partial charge in [0, 0.05) is 12.2 Å². The summed E-state index contributed by atoms with van der Waals surface area (Å²) in [5.41, 5.74) is 4.72. The van der Waals surface area contributed by atoms with Gasteiger partial charge in [0.1, 0.15) is 5.82 Å². The van der Waals surface area contributed by atoms with E-state index in [1.807, 2.05) is 0 Å². The zero-order valence-electron chi connectivity index (χ0n) is 10.2. The number of aliphatic hydroxyl groups excluding tert-OH is 1. The normalized spacial score (nSPS) is 24.2. The number of hydrogen-bond acceptors (Lipinski definition) is 4. The molecule has 0 bridgehead atoms. The second kappa shape index (κ2) is 5.24. The van der Waals surface area contributed by atoms with E-state index in [2.05, 4.69) is 10.3 Å². The van der Waals surface area contributed by atoms with Crippen molar-refractivity contribution in [3.63, 3.8) is 0 Å². The molecular formula is C12H16F3N3O. The van der Waals surface area contributed by atoms with Crippen LogP contribution in [0.2, 0.25) is 0 Å². The maximum atomic E-state index is 12.5. The first-order valence-electron chi connectivity index (χ1n) is 6.13. The molecule has 2 rings (SSSR count). The second-order valence-electron chi connectivity index (χ2n) is 4.81. The molecular weight excluding hydrogens is 259 g/mol. The Morgan fingerprint density at radius 1 is 1.26 bits per heavy atom. The van der Waals surface area contributed by atoms with Crippen molar-refractivity contribution in [2.45, 2.75) is 44.0 Å². The fraction of sp³-hybridized carbons (Fsp3) is 0.583. The predicted octanol–water partition coefficient (Wildman–Crippen LogP) is 2.40. The Balaban J connectivity index is 2.05. The van der Waals surface area contributed by atoms with E-state index in [0.717, 1.165) is 25.1 Å². The van der Waals surface area contributed by atoms with E-state index >= 15 is 0 Å². The Hall–Kier alpha value is -1.50. The minimum absolute atomic E-state index is 0.0130. The highest BCUT2D eigenvalue weighted by molar-refractivity contribution is 5.62. The molecule has 0 unspecified atom stereocenters. The number of halogens is 3. The lowest BCUT2D eigenvalue weighted by Crippen LogP contribution is -2.29. The molecule has 0 amide bonds. The summed E-state index contributed by atoms with van der Waals surface area (Å²) >= 11 is 0. The number of nitrogen functional groups attached to an aromatic ring is 1. The second-order valence-corrected chi connectivity index (χ2v) is 4.81. The molecule has 4 nitrogen and oxygen atoms in total. The Kier molecular flexibility index (Phi) is 3.84. The maximum Gasteiger partial charge on any atom is 0.417 e. The molecule has 0 radical (unpaired) electrons. The topological polar surface area (TPSA) is 71.2 Å². The minimum Gasteiger partial charge on any atom is -0.396 e. The Morgan fingerprint density at radius 3 is 2.42 bits per heavy atom. The van der Waals surface area contributed by atoms with Crippen molar-refractivity contribution in [3.8, 4) is 0 Å². The summed E-state index contributed by atoms with van der Waals surface area (Å²) in [6, 6.07) is 0.974. The Bertz CT molecular complexity index is 442. The Labute approximate surface area is 108 Å². The van der Waals surface area contributed by atoms with E-state index in [0.29, 0.717) is 12.8 Å². The third kappa shape index (κ3) is 3.50. The molecule has 0 saturated heterocycles. The summed E-state index contributed by atoms with van der Waals surface area (Å²) < 4.78 is 37.4. The lowest BCUT2D eigenvalue weighted by atomic mass is 9.93. The van der Waals surface area contributed by atoms with E-state index in [1.54, 1.807) is 0 Å². The van der Waals surface area contributed by atoms with Gasteiger partial charge in [-0.3, -0.25) is 0 Å². The van der Waals surface area contributed by atoms with Crippen LogP contribution in [0.5, 0.6) is 0 Å². The smallest absolute Gasteiger partial charge is 0.396 e. The predicted molar refractivity (Wildman–Crippen MR) is 65.5 cm³/mol. The average Bonchev–Trinajstić information content (AvgIpc) is 2.33. The fourth-order valence-electron chi connectivity index (χ4n) is 2.17. The molecule has 1 fully saturated rings. The molecule has 1 aliphatic carbocycles. The largest absolute Gasteiger partial charge is 0.417 e. The third-order valence-electron chi connectivity index (χ3n) is 3.28. The van der Waals surface area contributed by atoms with Crippen molar-refractivity contribution in [1.82, 2.24) is 4.98 Å². The highest BCUT2D eigenvalue weighted by atomic mass is 19.4. The summed E-state index contributed by atoms with van der Waals surface area (Å²) in [6.45, 7) is 0. The van der Waals surface area contributed by atoms with Gasteiger partial charge in [0.2, 0.25) is 0 Å². The Morgan fingerprint density at radius 2 is 1.89 bits per heavy atom. The number of nitrogens with zero attached hydrogens (tertiary/aromatic N) is 1. The number of nitrogens with one attached hydrogen (secondary N) is 1. The summed E-state index contributed by atoms with van der Waals surface area (Å²) in [5, 5.41) is 12.4. The van der Waals surface area contributed by atoms with Crippen molar-refractivity contribution in [2.75, 3.05) is 11.1 Å². The molecule has 1 aromatic rings. The molecule has 7 heteroatoms. The molecule has 1 aliphatic rings. The average molecular weight is 275 g/mol. The van der Waals surface area contributed by atoms with Gasteiger partial charge < -0.3 is 16.2 Å². The SMILES string of the molecule is Nc1cc(C(F)(F)F)cnc1NC1CCC(O)CC1. The lowest BCUT2D eigenvalue weighted by molar-refractivity contribution is -0.137. The van der Waals surface area contributed by atoms with Crippen LogP contribution in [0.3, 0.4) is 0 Å². The zero-order valence-corrected chi connectivity index (χ0v) is 10.2. The van der Waals surface area contributed by atoms with Crippen LogP contribution < -0.4 is 11.1 Å². The van der Waals surface area contributed by atoms with Crippen molar-refractivity contribution in [1.29, 1.82) is 0 Å². The first-order valence-corrected chi connectivity index (χ1v) is 6.13. The van der Waals surface area contributed by atoms with Crippen LogP contribution in [-0.4, -0.2) is 22.2 Å². The molecule has 1 saturated carbocycles. The van der Waals surface area contributed by atoms with Crippen molar-refractivity contribution in [3.05, 3.63) is 17.8 Å². The molecule has 1 aromatic heterocycles. The number of alkyl halides is 3. The third-order valence-corrected chi connectivity index (χ3v) is 3.28. The van der Waals surface area contributed by atoms with E-state index in [4.69, 9.17) is 5.73 Å². The highest BCUT2D eigenvalue weighted by Crippen LogP contribution is 2.32. The van der Waals surface area contributed by atoms with Gasteiger partial charge in [-0.2, -0.15) is 13.2 Å². The van der Waals surface area contributed by atoms with Gasteiger partial charge in [-0.1, -0.05) is 0 Å².